The molecule has 0 unspecified atom stereocenters. The smallest absolute Gasteiger partial charge is 0.254 e. The molecule has 0 spiro atoms. The number of hydrogen-bond donors (Lipinski definition) is 2. The lowest BCUT2D eigenvalue weighted by molar-refractivity contribution is -0.0601. The summed E-state index contributed by atoms with van der Waals surface area (Å²) >= 11 is 0. The van der Waals surface area contributed by atoms with Gasteiger partial charge < -0.3 is 20.0 Å². The number of phenolic OH excluding ortho intramolecular Hbond substituents is 1. The fourth-order valence-corrected chi connectivity index (χ4v) is 4.02. The van der Waals surface area contributed by atoms with Crippen LogP contribution in [0.25, 0.3) is 0 Å². The van der Waals surface area contributed by atoms with Gasteiger partial charge in [-0.3, -0.25) is 4.79 Å². The van der Waals surface area contributed by atoms with E-state index in [1.54, 1.807) is 4.90 Å². The van der Waals surface area contributed by atoms with Crippen molar-refractivity contribution in [2.45, 2.75) is 25.3 Å². The monoisotopic (exact) mass is 322 g/mol. The molecule has 2 heterocycles. The average Bonchev–Trinajstić information content (AvgIpc) is 2.56. The van der Waals surface area contributed by atoms with Gasteiger partial charge in [-0.05, 0) is 51.1 Å². The minimum absolute atomic E-state index is 0.126. The van der Waals surface area contributed by atoms with E-state index >= 15 is 0 Å². The molecule has 0 bridgehead atoms. The van der Waals surface area contributed by atoms with Crippen LogP contribution in [0.4, 0.5) is 4.39 Å². The van der Waals surface area contributed by atoms with Gasteiger partial charge in [0.2, 0.25) is 0 Å². The number of benzene rings is 1. The number of aliphatic hydroxyl groups is 1. The summed E-state index contributed by atoms with van der Waals surface area (Å²) in [5.74, 6) is -1.46. The summed E-state index contributed by atoms with van der Waals surface area (Å²) in [5, 5.41) is 19.2. The first-order chi connectivity index (χ1) is 11.0. The van der Waals surface area contributed by atoms with E-state index in [4.69, 9.17) is 0 Å². The number of piperidine rings is 2. The summed E-state index contributed by atoms with van der Waals surface area (Å²) in [6.45, 7) is 2.20. The first-order valence-electron chi connectivity index (χ1n) is 8.06. The Morgan fingerprint density at radius 3 is 2.87 bits per heavy atom. The van der Waals surface area contributed by atoms with Crippen molar-refractivity contribution in [1.29, 1.82) is 0 Å². The van der Waals surface area contributed by atoms with Gasteiger partial charge in [-0.15, -0.1) is 0 Å². The fraction of sp³-hybridized carbons (Fsp3) is 0.588. The number of carbonyl (C=O) groups excluding carboxylic acids is 1. The molecular weight excluding hydrogens is 299 g/mol. The molecule has 1 aromatic carbocycles. The SMILES string of the molecule is CN1CCC[C@]2(CO)CCN(C(=O)c3ccc(O)c(F)c3)C[C@@H]12. The Kier molecular flexibility index (Phi) is 4.29. The first-order valence-corrected chi connectivity index (χ1v) is 8.06. The number of fused-ring (bicyclic) bond motifs is 1. The lowest BCUT2D eigenvalue weighted by Gasteiger charge is -2.53. The van der Waals surface area contributed by atoms with Crippen LogP contribution in [0.3, 0.4) is 0 Å². The average molecular weight is 322 g/mol. The second-order valence-corrected chi connectivity index (χ2v) is 6.79. The number of likely N-dealkylation sites (N-methyl/N-ethyl adjacent to an activating group) is 1. The normalized spacial score (nSPS) is 28.5. The topological polar surface area (TPSA) is 64.0 Å². The number of likely N-dealkylation sites (tertiary alicyclic amines) is 2. The Hall–Kier alpha value is -1.66. The largest absolute Gasteiger partial charge is 0.505 e. The number of nitrogens with zero attached hydrogens (tertiary/aromatic N) is 2. The highest BCUT2D eigenvalue weighted by atomic mass is 19.1. The van der Waals surface area contributed by atoms with Crippen molar-refractivity contribution >= 4 is 5.91 Å². The third-order valence-corrected chi connectivity index (χ3v) is 5.49. The van der Waals surface area contributed by atoms with E-state index < -0.39 is 11.6 Å². The van der Waals surface area contributed by atoms with Crippen molar-refractivity contribution in [3.05, 3.63) is 29.6 Å². The highest BCUT2D eigenvalue weighted by Crippen LogP contribution is 2.41. The van der Waals surface area contributed by atoms with Crippen LogP contribution in [0, 0.1) is 11.2 Å². The van der Waals surface area contributed by atoms with Gasteiger partial charge in [0.25, 0.3) is 5.91 Å². The van der Waals surface area contributed by atoms with Crippen LogP contribution in [-0.4, -0.2) is 65.3 Å². The maximum Gasteiger partial charge on any atom is 0.254 e. The second-order valence-electron chi connectivity index (χ2n) is 6.79. The van der Waals surface area contributed by atoms with E-state index in [0.29, 0.717) is 13.1 Å². The molecular formula is C17H23FN2O3. The third-order valence-electron chi connectivity index (χ3n) is 5.49. The molecule has 1 amide bonds. The minimum atomic E-state index is -0.785. The Bertz CT molecular complexity index is 610. The number of aliphatic hydroxyl groups excluding tert-OH is 1. The molecule has 1 aromatic rings. The van der Waals surface area contributed by atoms with Gasteiger partial charge in [0, 0.05) is 30.1 Å². The van der Waals surface area contributed by atoms with E-state index in [1.807, 2.05) is 7.05 Å². The lowest BCUT2D eigenvalue weighted by atomic mass is 9.69. The Labute approximate surface area is 135 Å². The van der Waals surface area contributed by atoms with Gasteiger partial charge in [-0.25, -0.2) is 4.39 Å². The van der Waals surface area contributed by atoms with Crippen molar-refractivity contribution in [1.82, 2.24) is 9.80 Å². The van der Waals surface area contributed by atoms with Crippen LogP contribution in [0.15, 0.2) is 18.2 Å². The number of hydrogen-bond acceptors (Lipinski definition) is 4. The molecule has 0 aliphatic carbocycles. The van der Waals surface area contributed by atoms with Gasteiger partial charge in [0.05, 0.1) is 6.61 Å². The zero-order chi connectivity index (χ0) is 16.6. The Morgan fingerprint density at radius 2 is 2.17 bits per heavy atom. The third kappa shape index (κ3) is 2.81. The van der Waals surface area contributed by atoms with Crippen LogP contribution in [0.5, 0.6) is 5.75 Å². The number of aromatic hydroxyl groups is 1. The molecule has 126 valence electrons. The predicted molar refractivity (Wildman–Crippen MR) is 83.8 cm³/mol. The van der Waals surface area contributed by atoms with Gasteiger partial charge in [0.15, 0.2) is 11.6 Å². The van der Waals surface area contributed by atoms with Crippen LogP contribution >= 0.6 is 0 Å². The number of rotatable bonds is 2. The highest BCUT2D eigenvalue weighted by Gasteiger charge is 2.47. The second kappa shape index (κ2) is 6.09. The zero-order valence-electron chi connectivity index (χ0n) is 13.3. The van der Waals surface area contributed by atoms with Crippen molar-refractivity contribution in [2.75, 3.05) is 33.3 Å². The Balaban J connectivity index is 1.80. The Morgan fingerprint density at radius 1 is 1.39 bits per heavy atom. The molecule has 0 radical (unpaired) electrons. The molecule has 2 aliphatic rings. The van der Waals surface area contributed by atoms with E-state index in [9.17, 15) is 19.4 Å². The lowest BCUT2D eigenvalue weighted by Crippen LogP contribution is -2.62. The van der Waals surface area contributed by atoms with Gasteiger partial charge >= 0.3 is 0 Å². The van der Waals surface area contributed by atoms with Gasteiger partial charge in [0.1, 0.15) is 0 Å². The standard InChI is InChI=1S/C17H23FN2O3/c1-19-7-2-5-17(11-21)6-8-20(10-15(17)19)16(23)12-3-4-14(22)13(18)9-12/h3-4,9,15,21-22H,2,5-8,10-11H2,1H3/t15-,17-/m1/s1. The molecule has 2 N–H and O–H groups in total. The zero-order valence-corrected chi connectivity index (χ0v) is 13.3. The number of halogens is 1. The van der Waals surface area contributed by atoms with Crippen LogP contribution in [-0.2, 0) is 0 Å². The quantitative estimate of drug-likeness (QED) is 0.865. The van der Waals surface area contributed by atoms with E-state index in [1.165, 1.54) is 12.1 Å². The number of phenols is 1. The van der Waals surface area contributed by atoms with Crippen molar-refractivity contribution in [2.24, 2.45) is 5.41 Å². The maximum absolute atomic E-state index is 13.5. The minimum Gasteiger partial charge on any atom is -0.505 e. The number of amides is 1. The van der Waals surface area contributed by atoms with Crippen LogP contribution in [0.2, 0.25) is 0 Å². The molecule has 5 nitrogen and oxygen atoms in total. The summed E-state index contributed by atoms with van der Waals surface area (Å²) in [6, 6.07) is 3.85. The molecule has 6 heteroatoms. The summed E-state index contributed by atoms with van der Waals surface area (Å²) < 4.78 is 13.5. The van der Waals surface area contributed by atoms with Crippen LogP contribution < -0.4 is 0 Å². The maximum atomic E-state index is 13.5. The van der Waals surface area contributed by atoms with E-state index in [-0.39, 0.29) is 29.5 Å². The summed E-state index contributed by atoms with van der Waals surface area (Å²) in [4.78, 5) is 16.6. The molecule has 0 saturated carbocycles. The van der Waals surface area contributed by atoms with Crippen molar-refractivity contribution in [3.8, 4) is 5.75 Å². The molecule has 3 rings (SSSR count). The predicted octanol–water partition coefficient (Wildman–Crippen LogP) is 1.45. The fourth-order valence-electron chi connectivity index (χ4n) is 4.02. The highest BCUT2D eigenvalue weighted by molar-refractivity contribution is 5.94. The molecule has 2 aliphatic heterocycles. The molecule has 2 saturated heterocycles. The van der Waals surface area contributed by atoms with E-state index in [0.717, 1.165) is 31.9 Å². The van der Waals surface area contributed by atoms with Crippen LogP contribution in [0.1, 0.15) is 29.6 Å². The van der Waals surface area contributed by atoms with E-state index in [2.05, 4.69) is 4.90 Å². The van der Waals surface area contributed by atoms with Gasteiger partial charge in [-0.1, -0.05) is 0 Å². The molecule has 2 atom stereocenters. The summed E-state index contributed by atoms with van der Waals surface area (Å²) in [6.07, 6.45) is 2.80. The van der Waals surface area contributed by atoms with Crippen molar-refractivity contribution < 1.29 is 19.4 Å². The van der Waals surface area contributed by atoms with Crippen molar-refractivity contribution in [3.63, 3.8) is 0 Å². The summed E-state index contributed by atoms with van der Waals surface area (Å²) in [7, 11) is 2.03. The summed E-state index contributed by atoms with van der Waals surface area (Å²) in [5.41, 5.74) is 0.111. The molecule has 23 heavy (non-hydrogen) atoms. The first kappa shape index (κ1) is 16.2. The number of carbonyl (C=O) groups is 1. The molecule has 2 fully saturated rings. The molecule has 0 aromatic heterocycles. The van der Waals surface area contributed by atoms with Gasteiger partial charge in [-0.2, -0.15) is 0 Å².